The Balaban J connectivity index is 1.36. The van der Waals surface area contributed by atoms with Crippen LogP contribution in [0.15, 0.2) is 48.7 Å². The maximum absolute atomic E-state index is 14.4. The van der Waals surface area contributed by atoms with E-state index in [0.717, 1.165) is 18.2 Å². The van der Waals surface area contributed by atoms with E-state index in [-0.39, 0.29) is 36.4 Å². The maximum atomic E-state index is 14.4. The van der Waals surface area contributed by atoms with Crippen LogP contribution in [0.3, 0.4) is 0 Å². The van der Waals surface area contributed by atoms with E-state index in [1.807, 2.05) is 23.1 Å². The average molecular weight is 496 g/mol. The van der Waals surface area contributed by atoms with Gasteiger partial charge in [0.25, 0.3) is 0 Å². The number of urea groups is 1. The topological polar surface area (TPSA) is 80.1 Å². The second kappa shape index (κ2) is 10.2. The lowest BCUT2D eigenvalue weighted by Gasteiger charge is -2.31. The molecule has 0 spiro atoms. The van der Waals surface area contributed by atoms with Crippen molar-refractivity contribution in [2.75, 3.05) is 52.0 Å². The van der Waals surface area contributed by atoms with Gasteiger partial charge in [-0.05, 0) is 37.1 Å². The molecule has 9 nitrogen and oxygen atoms in total. The Labute approximate surface area is 209 Å². The van der Waals surface area contributed by atoms with Crippen molar-refractivity contribution in [2.24, 2.45) is 0 Å². The summed E-state index contributed by atoms with van der Waals surface area (Å²) >= 11 is 0. The van der Waals surface area contributed by atoms with E-state index in [9.17, 15) is 14.0 Å². The van der Waals surface area contributed by atoms with Crippen molar-refractivity contribution in [3.63, 3.8) is 0 Å². The number of likely N-dealkylation sites (tertiary alicyclic amines) is 1. The van der Waals surface area contributed by atoms with Crippen LogP contribution in [-0.4, -0.2) is 90.7 Å². The van der Waals surface area contributed by atoms with Crippen LogP contribution in [0.1, 0.15) is 12.8 Å². The molecule has 2 aliphatic heterocycles. The molecule has 2 fully saturated rings. The maximum Gasteiger partial charge on any atom is 0.325 e. The average Bonchev–Trinajstić information content (AvgIpc) is 3.58. The third-order valence-corrected chi connectivity index (χ3v) is 7.01. The molecule has 0 aliphatic carbocycles. The van der Waals surface area contributed by atoms with Gasteiger partial charge in [0, 0.05) is 32.7 Å². The normalized spacial score (nSPS) is 20.2. The molecule has 3 amide bonds. The number of rotatable bonds is 8. The number of anilines is 1. The number of ether oxygens (including phenoxy) is 2. The van der Waals surface area contributed by atoms with Crippen molar-refractivity contribution in [1.29, 1.82) is 0 Å². The first-order chi connectivity index (χ1) is 17.5. The molecule has 2 saturated heterocycles. The number of halogens is 1. The van der Waals surface area contributed by atoms with E-state index in [4.69, 9.17) is 9.47 Å². The number of hydrogen-bond donors (Lipinski definition) is 0. The quantitative estimate of drug-likeness (QED) is 0.480. The lowest BCUT2D eigenvalue weighted by molar-refractivity contribution is -0.136. The number of carbonyl (C=O) groups excluding carboxylic acids is 2. The number of fused-ring (bicyclic) bond motifs is 1. The minimum atomic E-state index is -0.379. The molecule has 190 valence electrons. The van der Waals surface area contributed by atoms with Crippen LogP contribution >= 0.6 is 0 Å². The molecule has 0 saturated carbocycles. The fraction of sp³-hybridized carbons (Fsp3) is 0.423. The highest BCUT2D eigenvalue weighted by Gasteiger charge is 2.39. The highest BCUT2D eigenvalue weighted by Crippen LogP contribution is 2.32. The summed E-state index contributed by atoms with van der Waals surface area (Å²) in [4.78, 5) is 31.8. The van der Waals surface area contributed by atoms with E-state index in [1.54, 1.807) is 48.4 Å². The first-order valence-corrected chi connectivity index (χ1v) is 12.1. The minimum absolute atomic E-state index is 0.000225. The van der Waals surface area contributed by atoms with Crippen LogP contribution in [-0.2, 0) is 14.3 Å². The highest BCUT2D eigenvalue weighted by atomic mass is 19.1. The predicted molar refractivity (Wildman–Crippen MR) is 133 cm³/mol. The molecule has 0 radical (unpaired) electrons. The predicted octanol–water partition coefficient (Wildman–Crippen LogP) is 3.06. The lowest BCUT2D eigenvalue weighted by atomic mass is 10.2. The molecule has 0 N–H and O–H groups in total. The number of nitrogens with zero attached hydrogens (tertiary/aromatic N) is 5. The van der Waals surface area contributed by atoms with Crippen molar-refractivity contribution >= 4 is 28.5 Å². The van der Waals surface area contributed by atoms with Gasteiger partial charge in [-0.15, -0.1) is 0 Å². The molecule has 2 atom stereocenters. The first-order valence-electron chi connectivity index (χ1n) is 12.1. The molecule has 5 rings (SSSR count). The molecule has 0 unspecified atom stereocenters. The van der Waals surface area contributed by atoms with Gasteiger partial charge in [-0.25, -0.2) is 13.9 Å². The van der Waals surface area contributed by atoms with E-state index in [1.165, 1.54) is 10.7 Å². The third-order valence-electron chi connectivity index (χ3n) is 7.01. The highest BCUT2D eigenvalue weighted by molar-refractivity contribution is 6.04. The van der Waals surface area contributed by atoms with Gasteiger partial charge in [-0.3, -0.25) is 9.69 Å². The molecule has 10 heteroatoms. The van der Waals surface area contributed by atoms with Gasteiger partial charge in [0.1, 0.15) is 18.0 Å². The molecule has 3 heterocycles. The van der Waals surface area contributed by atoms with Crippen LogP contribution in [0.4, 0.5) is 14.9 Å². The van der Waals surface area contributed by atoms with Gasteiger partial charge in [-0.1, -0.05) is 18.2 Å². The summed E-state index contributed by atoms with van der Waals surface area (Å²) in [5, 5.41) is 5.13. The SMILES string of the molecule is COC[C@H]1CC[C@H](COC)N1C(=O)CN1CCN(c2cccc3c2cnn3-c2ccccc2F)C1=O. The zero-order chi connectivity index (χ0) is 25.2. The van der Waals surface area contributed by atoms with Gasteiger partial charge >= 0.3 is 6.03 Å². The Morgan fingerprint density at radius 2 is 1.69 bits per heavy atom. The number of amides is 3. The molecule has 36 heavy (non-hydrogen) atoms. The second-order valence-corrected chi connectivity index (χ2v) is 9.17. The smallest absolute Gasteiger partial charge is 0.325 e. The van der Waals surface area contributed by atoms with Crippen LogP contribution < -0.4 is 4.90 Å². The second-order valence-electron chi connectivity index (χ2n) is 9.17. The zero-order valence-corrected chi connectivity index (χ0v) is 20.5. The Kier molecular flexibility index (Phi) is 6.88. The fourth-order valence-corrected chi connectivity index (χ4v) is 5.36. The summed E-state index contributed by atoms with van der Waals surface area (Å²) in [6.07, 6.45) is 3.34. The molecule has 2 aliphatic rings. The summed E-state index contributed by atoms with van der Waals surface area (Å²) in [7, 11) is 3.26. The Hall–Kier alpha value is -3.50. The first kappa shape index (κ1) is 24.2. The summed E-state index contributed by atoms with van der Waals surface area (Å²) in [6, 6.07) is 11.7. The molecular formula is C26H30FN5O4. The summed E-state index contributed by atoms with van der Waals surface area (Å²) in [5.41, 5.74) is 1.72. The van der Waals surface area contributed by atoms with Gasteiger partial charge in [-0.2, -0.15) is 5.10 Å². The van der Waals surface area contributed by atoms with Gasteiger partial charge in [0.15, 0.2) is 0 Å². The molecular weight excluding hydrogens is 465 g/mol. The van der Waals surface area contributed by atoms with Crippen molar-refractivity contribution in [3.8, 4) is 5.69 Å². The van der Waals surface area contributed by atoms with E-state index in [0.29, 0.717) is 43.2 Å². The van der Waals surface area contributed by atoms with E-state index in [2.05, 4.69) is 5.10 Å². The number of methoxy groups -OCH3 is 2. The largest absolute Gasteiger partial charge is 0.383 e. The van der Waals surface area contributed by atoms with Crippen LogP contribution in [0.5, 0.6) is 0 Å². The zero-order valence-electron chi connectivity index (χ0n) is 20.5. The van der Waals surface area contributed by atoms with Gasteiger partial charge in [0.05, 0.1) is 42.7 Å². The van der Waals surface area contributed by atoms with Gasteiger partial charge in [0.2, 0.25) is 5.91 Å². The monoisotopic (exact) mass is 495 g/mol. The summed E-state index contributed by atoms with van der Waals surface area (Å²) in [6.45, 7) is 1.79. The Morgan fingerprint density at radius 3 is 2.39 bits per heavy atom. The van der Waals surface area contributed by atoms with Crippen molar-refractivity contribution in [1.82, 2.24) is 19.6 Å². The van der Waals surface area contributed by atoms with Crippen molar-refractivity contribution < 1.29 is 23.5 Å². The van der Waals surface area contributed by atoms with Crippen molar-refractivity contribution in [2.45, 2.75) is 24.9 Å². The fourth-order valence-electron chi connectivity index (χ4n) is 5.36. The third kappa shape index (κ3) is 4.31. The van der Waals surface area contributed by atoms with Crippen LogP contribution in [0.25, 0.3) is 16.6 Å². The van der Waals surface area contributed by atoms with Crippen molar-refractivity contribution in [3.05, 3.63) is 54.5 Å². The van der Waals surface area contributed by atoms with E-state index < -0.39 is 0 Å². The molecule has 2 aromatic carbocycles. The molecule has 3 aromatic rings. The number of para-hydroxylation sites is 1. The number of carbonyl (C=O) groups is 2. The summed E-state index contributed by atoms with van der Waals surface area (Å²) in [5.74, 6) is -0.479. The van der Waals surface area contributed by atoms with E-state index >= 15 is 0 Å². The lowest BCUT2D eigenvalue weighted by Crippen LogP contribution is -2.49. The Bertz CT molecular complexity index is 1250. The molecule has 1 aromatic heterocycles. The van der Waals surface area contributed by atoms with Gasteiger partial charge < -0.3 is 19.3 Å². The standard InChI is InChI=1S/C26H30FN5O4/c1-35-16-18-10-11-19(17-36-2)31(18)25(33)15-29-12-13-30(26(29)34)22-8-5-9-23-20(22)14-28-32(23)24-7-4-3-6-21(24)27/h3-9,14,18-19H,10-13,15-17H2,1-2H3/t18-,19-/m1/s1. The number of aromatic nitrogens is 2. The summed E-state index contributed by atoms with van der Waals surface area (Å²) < 4.78 is 26.6. The minimum Gasteiger partial charge on any atom is -0.383 e. The number of hydrogen-bond acceptors (Lipinski definition) is 5. The van der Waals surface area contributed by atoms with Crippen LogP contribution in [0, 0.1) is 5.82 Å². The molecule has 0 bridgehead atoms. The van der Waals surface area contributed by atoms with Crippen LogP contribution in [0.2, 0.25) is 0 Å². The Morgan fingerprint density at radius 1 is 1.00 bits per heavy atom. The number of benzene rings is 2.